The van der Waals surface area contributed by atoms with E-state index in [0.29, 0.717) is 0 Å². The molecule has 1 fully saturated rings. The van der Waals surface area contributed by atoms with E-state index >= 15 is 0 Å². The number of nitrogens with two attached hydrogens (primary N) is 1. The Bertz CT molecular complexity index is 774. The standard InChI is InChI=1S/C21H23N3O3S/c1-15(20(26)22-12-13-24-18(25)14-28-21(24)27)23-19(16-8-4-2-5-9-16)17-10-6-3-7-11-17/h2-11,15,19,23H,12-14H2,1H3,(H,22,26)/p+1/t15-/m0/s1. The molecule has 0 spiro atoms. The zero-order valence-corrected chi connectivity index (χ0v) is 16.5. The molecule has 1 atom stereocenters. The summed E-state index contributed by atoms with van der Waals surface area (Å²) >= 11 is 1.00. The molecular weight excluding hydrogens is 374 g/mol. The highest BCUT2D eigenvalue weighted by Gasteiger charge is 2.30. The predicted molar refractivity (Wildman–Crippen MR) is 109 cm³/mol. The van der Waals surface area contributed by atoms with Crippen molar-refractivity contribution in [3.8, 4) is 0 Å². The number of hydrogen-bond donors (Lipinski definition) is 2. The number of amides is 3. The minimum absolute atomic E-state index is 0.00119. The third-order valence-corrected chi connectivity index (χ3v) is 5.55. The molecule has 2 aromatic carbocycles. The highest BCUT2D eigenvalue weighted by molar-refractivity contribution is 8.14. The summed E-state index contributed by atoms with van der Waals surface area (Å²) in [5.41, 5.74) is 2.25. The van der Waals surface area contributed by atoms with Gasteiger partial charge in [-0.15, -0.1) is 0 Å². The number of rotatable bonds is 8. The van der Waals surface area contributed by atoms with E-state index in [1.54, 1.807) is 0 Å². The Hall–Kier alpha value is -2.64. The summed E-state index contributed by atoms with van der Waals surface area (Å²) in [5, 5.41) is 4.62. The van der Waals surface area contributed by atoms with Crippen LogP contribution in [-0.2, 0) is 9.59 Å². The van der Waals surface area contributed by atoms with E-state index in [1.165, 1.54) is 4.90 Å². The average Bonchev–Trinajstić information content (AvgIpc) is 3.05. The molecule has 0 bridgehead atoms. The van der Waals surface area contributed by atoms with Crippen LogP contribution in [0.25, 0.3) is 0 Å². The van der Waals surface area contributed by atoms with Crippen LogP contribution in [0.4, 0.5) is 4.79 Å². The van der Waals surface area contributed by atoms with Crippen molar-refractivity contribution in [3.05, 3.63) is 71.8 Å². The Balaban J connectivity index is 1.60. The van der Waals surface area contributed by atoms with Crippen LogP contribution in [0.5, 0.6) is 0 Å². The van der Waals surface area contributed by atoms with Gasteiger partial charge in [-0.25, -0.2) is 0 Å². The Morgan fingerprint density at radius 2 is 1.64 bits per heavy atom. The highest BCUT2D eigenvalue weighted by Crippen LogP contribution is 2.18. The van der Waals surface area contributed by atoms with E-state index in [0.717, 1.165) is 22.9 Å². The van der Waals surface area contributed by atoms with E-state index in [9.17, 15) is 14.4 Å². The zero-order chi connectivity index (χ0) is 19.9. The maximum Gasteiger partial charge on any atom is 0.288 e. The molecule has 0 saturated carbocycles. The molecule has 146 valence electrons. The van der Waals surface area contributed by atoms with Gasteiger partial charge in [0, 0.05) is 24.2 Å². The number of nitrogens with one attached hydrogen (secondary N) is 1. The lowest BCUT2D eigenvalue weighted by atomic mass is 9.98. The van der Waals surface area contributed by atoms with Crippen molar-refractivity contribution in [2.45, 2.75) is 19.0 Å². The van der Waals surface area contributed by atoms with Crippen molar-refractivity contribution in [1.29, 1.82) is 0 Å². The van der Waals surface area contributed by atoms with Gasteiger partial charge in [-0.1, -0.05) is 72.4 Å². The van der Waals surface area contributed by atoms with Crippen LogP contribution in [0.2, 0.25) is 0 Å². The van der Waals surface area contributed by atoms with Gasteiger partial charge < -0.3 is 10.6 Å². The number of hydrogen-bond acceptors (Lipinski definition) is 4. The predicted octanol–water partition coefficient (Wildman–Crippen LogP) is 1.54. The molecule has 1 aliphatic rings. The number of quaternary nitrogens is 1. The monoisotopic (exact) mass is 398 g/mol. The molecule has 0 unspecified atom stereocenters. The zero-order valence-electron chi connectivity index (χ0n) is 15.7. The van der Waals surface area contributed by atoms with E-state index in [2.05, 4.69) is 29.6 Å². The Morgan fingerprint density at radius 3 is 2.14 bits per heavy atom. The van der Waals surface area contributed by atoms with Crippen LogP contribution in [0.1, 0.15) is 24.1 Å². The smallest absolute Gasteiger partial charge is 0.288 e. The summed E-state index contributed by atoms with van der Waals surface area (Å²) in [6.45, 7) is 2.33. The van der Waals surface area contributed by atoms with Crippen LogP contribution < -0.4 is 10.6 Å². The quantitative estimate of drug-likeness (QED) is 0.707. The van der Waals surface area contributed by atoms with Crippen molar-refractivity contribution in [3.63, 3.8) is 0 Å². The lowest BCUT2D eigenvalue weighted by Gasteiger charge is -2.21. The minimum Gasteiger partial charge on any atom is -0.349 e. The molecule has 0 radical (unpaired) electrons. The Morgan fingerprint density at radius 1 is 1.07 bits per heavy atom. The van der Waals surface area contributed by atoms with Crippen molar-refractivity contribution < 1.29 is 19.7 Å². The SMILES string of the molecule is C[C@H]([NH2+]C(c1ccccc1)c1ccccc1)C(=O)NCCN1C(=O)CSC1=O. The maximum absolute atomic E-state index is 12.5. The average molecular weight is 399 g/mol. The molecule has 6 nitrogen and oxygen atoms in total. The second kappa shape index (κ2) is 9.52. The fourth-order valence-electron chi connectivity index (χ4n) is 3.16. The number of thioether (sulfide) groups is 1. The fraction of sp³-hybridized carbons (Fsp3) is 0.286. The van der Waals surface area contributed by atoms with E-state index in [-0.39, 0.29) is 48.0 Å². The van der Waals surface area contributed by atoms with E-state index < -0.39 is 0 Å². The maximum atomic E-state index is 12.5. The van der Waals surface area contributed by atoms with Crippen molar-refractivity contribution in [2.24, 2.45) is 0 Å². The highest BCUT2D eigenvalue weighted by atomic mass is 32.2. The van der Waals surface area contributed by atoms with Crippen LogP contribution >= 0.6 is 11.8 Å². The molecule has 1 aliphatic heterocycles. The van der Waals surface area contributed by atoms with E-state index in [4.69, 9.17) is 0 Å². The molecule has 3 amide bonds. The topological polar surface area (TPSA) is 83.1 Å². The first kappa shape index (κ1) is 20.1. The second-order valence-electron chi connectivity index (χ2n) is 6.67. The number of carbonyl (C=O) groups is 3. The number of nitrogens with zero attached hydrogens (tertiary/aromatic N) is 1. The molecule has 2 aromatic rings. The number of imide groups is 1. The van der Waals surface area contributed by atoms with Crippen LogP contribution in [0, 0.1) is 0 Å². The first-order valence-corrected chi connectivity index (χ1v) is 10.2. The van der Waals surface area contributed by atoms with E-state index in [1.807, 2.05) is 48.6 Å². The van der Waals surface area contributed by atoms with Crippen molar-refractivity contribution in [2.75, 3.05) is 18.8 Å². The van der Waals surface area contributed by atoms with Crippen LogP contribution in [0.15, 0.2) is 60.7 Å². The van der Waals surface area contributed by atoms with Crippen LogP contribution in [-0.4, -0.2) is 46.8 Å². The minimum atomic E-state index is -0.329. The van der Waals surface area contributed by atoms with Crippen LogP contribution in [0.3, 0.4) is 0 Å². The largest absolute Gasteiger partial charge is 0.349 e. The summed E-state index contributed by atoms with van der Waals surface area (Å²) in [6, 6.07) is 19.8. The Labute approximate surface area is 168 Å². The molecule has 1 heterocycles. The molecule has 3 N–H and O–H groups in total. The first-order chi connectivity index (χ1) is 13.6. The van der Waals surface area contributed by atoms with Gasteiger partial charge in [0.25, 0.3) is 11.1 Å². The molecule has 3 rings (SSSR count). The molecule has 7 heteroatoms. The van der Waals surface area contributed by atoms with Gasteiger partial charge in [-0.05, 0) is 6.92 Å². The normalized spacial score (nSPS) is 15.1. The molecule has 0 aliphatic carbocycles. The lowest BCUT2D eigenvalue weighted by Crippen LogP contribution is -2.92. The van der Waals surface area contributed by atoms with Gasteiger partial charge in [0.05, 0.1) is 5.75 Å². The molecule has 28 heavy (non-hydrogen) atoms. The summed E-state index contributed by atoms with van der Waals surface area (Å²) in [6.07, 6.45) is 0. The van der Waals surface area contributed by atoms with Crippen molar-refractivity contribution >= 4 is 28.8 Å². The summed E-state index contributed by atoms with van der Waals surface area (Å²) in [5.74, 6) is -0.132. The summed E-state index contributed by atoms with van der Waals surface area (Å²) in [7, 11) is 0. The van der Waals surface area contributed by atoms with Gasteiger partial charge >= 0.3 is 0 Å². The lowest BCUT2D eigenvalue weighted by molar-refractivity contribution is -0.704. The van der Waals surface area contributed by atoms with Gasteiger partial charge in [0.1, 0.15) is 6.04 Å². The summed E-state index contributed by atoms with van der Waals surface area (Å²) in [4.78, 5) is 37.0. The molecular formula is C21H24N3O3S+. The molecule has 1 saturated heterocycles. The first-order valence-electron chi connectivity index (χ1n) is 9.26. The van der Waals surface area contributed by atoms with Gasteiger partial charge in [-0.3, -0.25) is 19.3 Å². The Kier molecular flexibility index (Phi) is 6.84. The number of benzene rings is 2. The summed E-state index contributed by atoms with van der Waals surface area (Å²) < 4.78 is 0. The van der Waals surface area contributed by atoms with Gasteiger partial charge in [0.2, 0.25) is 5.91 Å². The third kappa shape index (κ3) is 4.99. The molecule has 0 aromatic heterocycles. The number of carbonyl (C=O) groups excluding carboxylic acids is 3. The second-order valence-corrected chi connectivity index (χ2v) is 7.60. The van der Waals surface area contributed by atoms with Gasteiger partial charge in [-0.2, -0.15) is 0 Å². The fourth-order valence-corrected chi connectivity index (χ4v) is 3.91. The van der Waals surface area contributed by atoms with Crippen molar-refractivity contribution in [1.82, 2.24) is 10.2 Å². The van der Waals surface area contributed by atoms with Gasteiger partial charge in [0.15, 0.2) is 6.04 Å². The third-order valence-electron chi connectivity index (χ3n) is 4.69.